The number of hydrogen-bond donors (Lipinski definition) is 2. The normalized spacial score (nSPS) is 20.1. The van der Waals surface area contributed by atoms with E-state index in [4.69, 9.17) is 14.6 Å². The highest BCUT2D eigenvalue weighted by atomic mass is 16.5. The van der Waals surface area contributed by atoms with Gasteiger partial charge >= 0.3 is 12.1 Å². The molecule has 0 aliphatic carbocycles. The number of benzene rings is 1. The van der Waals surface area contributed by atoms with Crippen molar-refractivity contribution >= 4 is 12.1 Å². The van der Waals surface area contributed by atoms with Gasteiger partial charge in [0.15, 0.2) is 0 Å². The summed E-state index contributed by atoms with van der Waals surface area (Å²) in [5, 5.41) is 11.8. The van der Waals surface area contributed by atoms with Gasteiger partial charge in [-0.15, -0.1) is 0 Å². The maximum absolute atomic E-state index is 12.0. The molecule has 0 spiro atoms. The van der Waals surface area contributed by atoms with Crippen LogP contribution in [0.25, 0.3) is 0 Å². The van der Waals surface area contributed by atoms with Crippen LogP contribution in [0, 0.1) is 0 Å². The molecule has 0 aromatic heterocycles. The molecule has 1 amide bonds. The SMILES string of the molecule is CC(CC(=O)O)(NC(=O)OCc1ccccc1)C1CCCO1. The van der Waals surface area contributed by atoms with Gasteiger partial charge in [0.1, 0.15) is 6.61 Å². The second-order valence-electron chi connectivity index (χ2n) is 5.68. The van der Waals surface area contributed by atoms with Crippen molar-refractivity contribution in [3.63, 3.8) is 0 Å². The Bertz CT molecular complexity index is 513. The van der Waals surface area contributed by atoms with Crippen LogP contribution in [0.5, 0.6) is 0 Å². The number of aliphatic carboxylic acids is 1. The zero-order valence-electron chi connectivity index (χ0n) is 12.6. The molecule has 1 aliphatic heterocycles. The van der Waals surface area contributed by atoms with Crippen molar-refractivity contribution in [1.29, 1.82) is 0 Å². The Balaban J connectivity index is 1.94. The minimum absolute atomic E-state index is 0.140. The number of amides is 1. The van der Waals surface area contributed by atoms with Crippen LogP contribution in [0.2, 0.25) is 0 Å². The van der Waals surface area contributed by atoms with Crippen molar-refractivity contribution in [1.82, 2.24) is 5.32 Å². The molecule has 1 aliphatic rings. The van der Waals surface area contributed by atoms with Gasteiger partial charge in [0.05, 0.1) is 18.1 Å². The first-order chi connectivity index (χ1) is 10.5. The van der Waals surface area contributed by atoms with E-state index >= 15 is 0 Å². The lowest BCUT2D eigenvalue weighted by Crippen LogP contribution is -2.55. The molecule has 1 aromatic carbocycles. The molecule has 0 radical (unpaired) electrons. The Labute approximate surface area is 129 Å². The van der Waals surface area contributed by atoms with Crippen LogP contribution in [0.3, 0.4) is 0 Å². The quantitative estimate of drug-likeness (QED) is 0.842. The monoisotopic (exact) mass is 307 g/mol. The van der Waals surface area contributed by atoms with Gasteiger partial charge in [-0.1, -0.05) is 30.3 Å². The molecule has 2 atom stereocenters. The molecule has 2 rings (SSSR count). The average molecular weight is 307 g/mol. The number of rotatable bonds is 6. The summed E-state index contributed by atoms with van der Waals surface area (Å²) in [5.41, 5.74) is -0.106. The predicted molar refractivity (Wildman–Crippen MR) is 79.4 cm³/mol. The van der Waals surface area contributed by atoms with Gasteiger partial charge in [-0.3, -0.25) is 4.79 Å². The van der Waals surface area contributed by atoms with Crippen LogP contribution in [-0.2, 0) is 20.9 Å². The summed E-state index contributed by atoms with van der Waals surface area (Å²) in [7, 11) is 0. The maximum Gasteiger partial charge on any atom is 0.407 e. The summed E-state index contributed by atoms with van der Waals surface area (Å²) < 4.78 is 10.7. The predicted octanol–water partition coefficient (Wildman–Crippen LogP) is 2.33. The summed E-state index contributed by atoms with van der Waals surface area (Å²) in [6.07, 6.45) is 0.428. The van der Waals surface area contributed by atoms with Crippen LogP contribution in [0.4, 0.5) is 4.79 Å². The van der Waals surface area contributed by atoms with Crippen molar-refractivity contribution in [3.8, 4) is 0 Å². The number of carboxylic acid groups (broad SMARTS) is 1. The molecule has 0 saturated carbocycles. The number of carbonyl (C=O) groups excluding carboxylic acids is 1. The Morgan fingerprint density at radius 2 is 2.14 bits per heavy atom. The zero-order chi connectivity index (χ0) is 16.0. The van der Waals surface area contributed by atoms with E-state index in [1.54, 1.807) is 6.92 Å². The van der Waals surface area contributed by atoms with Gasteiger partial charge in [-0.2, -0.15) is 0 Å². The van der Waals surface area contributed by atoms with Crippen LogP contribution in [0.15, 0.2) is 30.3 Å². The lowest BCUT2D eigenvalue weighted by molar-refractivity contribution is -0.140. The maximum atomic E-state index is 12.0. The average Bonchev–Trinajstić information content (AvgIpc) is 3.00. The summed E-state index contributed by atoms with van der Waals surface area (Å²) in [5.74, 6) is -0.985. The van der Waals surface area contributed by atoms with Crippen LogP contribution >= 0.6 is 0 Å². The fourth-order valence-electron chi connectivity index (χ4n) is 2.63. The van der Waals surface area contributed by atoms with E-state index in [1.807, 2.05) is 30.3 Å². The van der Waals surface area contributed by atoms with Crippen LogP contribution in [-0.4, -0.2) is 35.4 Å². The molecule has 6 nitrogen and oxygen atoms in total. The topological polar surface area (TPSA) is 84.9 Å². The van der Waals surface area contributed by atoms with E-state index in [1.165, 1.54) is 0 Å². The summed E-state index contributed by atoms with van der Waals surface area (Å²) >= 11 is 0. The molecule has 6 heteroatoms. The van der Waals surface area contributed by atoms with E-state index in [0.29, 0.717) is 6.61 Å². The van der Waals surface area contributed by atoms with Crippen molar-refractivity contribution < 1.29 is 24.2 Å². The third kappa shape index (κ3) is 4.46. The van der Waals surface area contributed by atoms with Gasteiger partial charge in [-0.25, -0.2) is 4.79 Å². The molecular formula is C16H21NO5. The number of hydrogen-bond acceptors (Lipinski definition) is 4. The highest BCUT2D eigenvalue weighted by molar-refractivity contribution is 5.72. The number of nitrogens with one attached hydrogen (secondary N) is 1. The Kier molecular flexibility index (Phi) is 5.38. The van der Waals surface area contributed by atoms with Crippen LogP contribution < -0.4 is 5.32 Å². The second kappa shape index (κ2) is 7.26. The minimum atomic E-state index is -0.985. The zero-order valence-corrected chi connectivity index (χ0v) is 12.6. The Morgan fingerprint density at radius 3 is 2.73 bits per heavy atom. The third-order valence-corrected chi connectivity index (χ3v) is 3.76. The Hall–Kier alpha value is -2.08. The molecular weight excluding hydrogens is 286 g/mol. The molecule has 2 N–H and O–H groups in total. The molecule has 1 aromatic rings. The van der Waals surface area contributed by atoms with Gasteiger partial charge in [0.2, 0.25) is 0 Å². The van der Waals surface area contributed by atoms with E-state index < -0.39 is 17.6 Å². The largest absolute Gasteiger partial charge is 0.481 e. The highest BCUT2D eigenvalue weighted by Crippen LogP contribution is 2.27. The summed E-state index contributed by atoms with van der Waals surface area (Å²) in [6.45, 7) is 2.41. The number of carboxylic acids is 1. The standard InChI is InChI=1S/C16H21NO5/c1-16(10-14(18)19,13-8-5-9-21-13)17-15(20)22-11-12-6-3-2-4-7-12/h2-4,6-7,13H,5,8-11H2,1H3,(H,17,20)(H,18,19). The molecule has 0 bridgehead atoms. The molecule has 22 heavy (non-hydrogen) atoms. The molecule has 120 valence electrons. The molecule has 1 heterocycles. The van der Waals surface area contributed by atoms with Gasteiger partial charge in [-0.05, 0) is 25.3 Å². The summed E-state index contributed by atoms with van der Waals surface area (Å²) in [6, 6.07) is 9.30. The van der Waals surface area contributed by atoms with Crippen molar-refractivity contribution in [2.75, 3.05) is 6.61 Å². The van der Waals surface area contributed by atoms with Crippen LogP contribution in [0.1, 0.15) is 31.7 Å². The number of carbonyl (C=O) groups is 2. The van der Waals surface area contributed by atoms with E-state index in [-0.39, 0.29) is 19.1 Å². The van der Waals surface area contributed by atoms with Gasteiger partial charge < -0.3 is 19.9 Å². The molecule has 2 unspecified atom stereocenters. The summed E-state index contributed by atoms with van der Waals surface area (Å²) in [4.78, 5) is 23.1. The number of ether oxygens (including phenoxy) is 2. The minimum Gasteiger partial charge on any atom is -0.481 e. The first-order valence-corrected chi connectivity index (χ1v) is 7.32. The van der Waals surface area contributed by atoms with Gasteiger partial charge in [0, 0.05) is 6.61 Å². The van der Waals surface area contributed by atoms with E-state index in [9.17, 15) is 9.59 Å². The lowest BCUT2D eigenvalue weighted by Gasteiger charge is -2.34. The van der Waals surface area contributed by atoms with Gasteiger partial charge in [0.25, 0.3) is 0 Å². The highest BCUT2D eigenvalue weighted by Gasteiger charge is 2.40. The fraction of sp³-hybridized carbons (Fsp3) is 0.500. The van der Waals surface area contributed by atoms with Crippen molar-refractivity contribution in [3.05, 3.63) is 35.9 Å². The first-order valence-electron chi connectivity index (χ1n) is 7.32. The first kappa shape index (κ1) is 16.3. The van der Waals surface area contributed by atoms with Crippen molar-refractivity contribution in [2.24, 2.45) is 0 Å². The number of alkyl carbamates (subject to hydrolysis) is 1. The van der Waals surface area contributed by atoms with E-state index in [2.05, 4.69) is 5.32 Å². The smallest absolute Gasteiger partial charge is 0.407 e. The second-order valence-corrected chi connectivity index (χ2v) is 5.68. The van der Waals surface area contributed by atoms with Crippen molar-refractivity contribution in [2.45, 2.75) is 44.4 Å². The molecule has 1 saturated heterocycles. The third-order valence-electron chi connectivity index (χ3n) is 3.76. The Morgan fingerprint density at radius 1 is 1.41 bits per heavy atom. The fourth-order valence-corrected chi connectivity index (χ4v) is 2.63. The molecule has 1 fully saturated rings. The van der Waals surface area contributed by atoms with E-state index in [0.717, 1.165) is 18.4 Å². The lowest BCUT2D eigenvalue weighted by atomic mass is 9.89.